The van der Waals surface area contributed by atoms with E-state index in [9.17, 15) is 19.5 Å². The van der Waals surface area contributed by atoms with Gasteiger partial charge in [-0.05, 0) is 25.8 Å². The molecule has 30 heavy (non-hydrogen) atoms. The Bertz CT molecular complexity index is 1020. The first-order chi connectivity index (χ1) is 14.3. The van der Waals surface area contributed by atoms with Crippen LogP contribution >= 0.6 is 0 Å². The summed E-state index contributed by atoms with van der Waals surface area (Å²) in [6.45, 7) is 4.52. The molecule has 1 fully saturated rings. The molecule has 1 saturated heterocycles. The number of carbonyl (C=O) groups is 2. The Hall–Kier alpha value is -3.36. The molecule has 0 bridgehead atoms. The molecule has 2 aromatic rings. The second-order valence-electron chi connectivity index (χ2n) is 7.13. The highest BCUT2D eigenvalue weighted by molar-refractivity contribution is 5.94. The van der Waals surface area contributed by atoms with Crippen molar-refractivity contribution >= 4 is 11.8 Å². The van der Waals surface area contributed by atoms with E-state index in [0.717, 1.165) is 12.0 Å². The van der Waals surface area contributed by atoms with Gasteiger partial charge in [0.1, 0.15) is 11.6 Å². The Morgan fingerprint density at radius 2 is 2.07 bits per heavy atom. The predicted molar refractivity (Wildman–Crippen MR) is 109 cm³/mol. The summed E-state index contributed by atoms with van der Waals surface area (Å²) in [5.74, 6) is -0.594. The van der Waals surface area contributed by atoms with Crippen LogP contribution in [-0.2, 0) is 18.4 Å². The molecule has 3 rings (SSSR count). The Kier molecular flexibility index (Phi) is 6.39. The van der Waals surface area contributed by atoms with Crippen LogP contribution in [0.25, 0.3) is 0 Å². The molecule has 1 aliphatic heterocycles. The van der Waals surface area contributed by atoms with Crippen LogP contribution in [0.1, 0.15) is 54.6 Å². The Morgan fingerprint density at radius 1 is 1.33 bits per heavy atom. The summed E-state index contributed by atoms with van der Waals surface area (Å²) in [5.41, 5.74) is -0.317. The fourth-order valence-electron chi connectivity index (χ4n) is 3.68. The molecule has 0 aliphatic carbocycles. The van der Waals surface area contributed by atoms with Crippen LogP contribution in [0, 0.1) is 0 Å². The van der Waals surface area contributed by atoms with E-state index in [1.54, 1.807) is 11.0 Å². The van der Waals surface area contributed by atoms with Crippen molar-refractivity contribution in [2.45, 2.75) is 39.3 Å². The average Bonchev–Trinajstić information content (AvgIpc) is 3.21. The zero-order valence-corrected chi connectivity index (χ0v) is 17.3. The summed E-state index contributed by atoms with van der Waals surface area (Å²) in [6.07, 6.45) is 1.41. The Morgan fingerprint density at radius 3 is 2.77 bits per heavy atom. The van der Waals surface area contributed by atoms with Crippen LogP contribution < -0.4 is 15.6 Å². The van der Waals surface area contributed by atoms with E-state index < -0.39 is 23.3 Å². The molecular formula is C21H26N4O5. The van der Waals surface area contributed by atoms with Gasteiger partial charge in [0.25, 0.3) is 11.5 Å². The van der Waals surface area contributed by atoms with Gasteiger partial charge >= 0.3 is 0 Å². The number of hydrogen-bond donors (Lipinski definition) is 2. The van der Waals surface area contributed by atoms with Crippen molar-refractivity contribution in [3.05, 3.63) is 51.7 Å². The number of nitrogens with zero attached hydrogens (tertiary/aromatic N) is 3. The maximum atomic E-state index is 12.8. The molecule has 1 aliphatic rings. The quantitative estimate of drug-likeness (QED) is 0.741. The van der Waals surface area contributed by atoms with Crippen molar-refractivity contribution in [3.8, 4) is 11.5 Å². The number of aromatic hydroxyl groups is 1. The monoisotopic (exact) mass is 414 g/mol. The molecule has 1 unspecified atom stereocenters. The Balaban J connectivity index is 1.89. The van der Waals surface area contributed by atoms with E-state index in [1.165, 1.54) is 18.5 Å². The summed E-state index contributed by atoms with van der Waals surface area (Å²) in [7, 11) is 1.47. The van der Waals surface area contributed by atoms with Crippen molar-refractivity contribution in [2.24, 2.45) is 7.05 Å². The number of benzene rings is 1. The standard InChI is InChI=1S/C21H26N4O5/c1-4-30-16-10-6-5-8-14(16)12-22-20(28)17-18(27)21(29)24(3)19(23-17)15-9-7-11-25(15)13(2)26/h5-6,8,10,15,27H,4,7,9,11-12H2,1-3H3,(H,22,28). The number of likely N-dealkylation sites (tertiary alicyclic amines) is 1. The van der Waals surface area contributed by atoms with Crippen molar-refractivity contribution < 1.29 is 19.4 Å². The van der Waals surface area contributed by atoms with Crippen LogP contribution in [0.2, 0.25) is 0 Å². The van der Waals surface area contributed by atoms with Gasteiger partial charge in [-0.15, -0.1) is 0 Å². The molecule has 2 amide bonds. The summed E-state index contributed by atoms with van der Waals surface area (Å²) >= 11 is 0. The fraction of sp³-hybridized carbons (Fsp3) is 0.429. The highest BCUT2D eigenvalue weighted by Gasteiger charge is 2.33. The first-order valence-corrected chi connectivity index (χ1v) is 9.91. The molecule has 9 nitrogen and oxygen atoms in total. The third kappa shape index (κ3) is 4.14. The summed E-state index contributed by atoms with van der Waals surface area (Å²) in [6, 6.07) is 6.86. The summed E-state index contributed by atoms with van der Waals surface area (Å²) < 4.78 is 6.74. The van der Waals surface area contributed by atoms with E-state index in [0.29, 0.717) is 25.3 Å². The van der Waals surface area contributed by atoms with Gasteiger partial charge < -0.3 is 20.1 Å². The van der Waals surface area contributed by atoms with E-state index in [4.69, 9.17) is 4.74 Å². The fourth-order valence-corrected chi connectivity index (χ4v) is 3.68. The maximum absolute atomic E-state index is 12.8. The van der Waals surface area contributed by atoms with E-state index in [1.807, 2.05) is 25.1 Å². The van der Waals surface area contributed by atoms with Gasteiger partial charge in [-0.1, -0.05) is 18.2 Å². The number of rotatable bonds is 6. The van der Waals surface area contributed by atoms with Gasteiger partial charge in [-0.3, -0.25) is 19.0 Å². The van der Waals surface area contributed by atoms with E-state index in [2.05, 4.69) is 10.3 Å². The minimum Gasteiger partial charge on any atom is -0.501 e. The number of hydrogen-bond acceptors (Lipinski definition) is 6. The van der Waals surface area contributed by atoms with Crippen LogP contribution in [-0.4, -0.2) is 44.5 Å². The van der Waals surface area contributed by atoms with Crippen LogP contribution in [0.5, 0.6) is 11.5 Å². The molecule has 1 aromatic heterocycles. The Labute approximate surface area is 174 Å². The third-order valence-electron chi connectivity index (χ3n) is 5.18. The zero-order valence-electron chi connectivity index (χ0n) is 17.3. The predicted octanol–water partition coefficient (Wildman–Crippen LogP) is 1.50. The molecule has 0 spiro atoms. The van der Waals surface area contributed by atoms with E-state index in [-0.39, 0.29) is 24.0 Å². The molecular weight excluding hydrogens is 388 g/mol. The number of nitrogens with one attached hydrogen (secondary N) is 1. The molecule has 160 valence electrons. The highest BCUT2D eigenvalue weighted by atomic mass is 16.5. The topological polar surface area (TPSA) is 114 Å². The van der Waals surface area contributed by atoms with Crippen molar-refractivity contribution in [1.29, 1.82) is 0 Å². The van der Waals surface area contributed by atoms with Crippen molar-refractivity contribution in [3.63, 3.8) is 0 Å². The molecule has 2 heterocycles. The first kappa shape index (κ1) is 21.4. The number of aromatic nitrogens is 2. The number of amides is 2. The van der Waals surface area contributed by atoms with Gasteiger partial charge in [-0.25, -0.2) is 4.98 Å². The lowest BCUT2D eigenvalue weighted by atomic mass is 10.1. The highest BCUT2D eigenvalue weighted by Crippen LogP contribution is 2.31. The van der Waals surface area contributed by atoms with Gasteiger partial charge in [-0.2, -0.15) is 0 Å². The normalized spacial score (nSPS) is 15.8. The minimum absolute atomic E-state index is 0.127. The lowest BCUT2D eigenvalue weighted by Crippen LogP contribution is -2.35. The molecule has 9 heteroatoms. The first-order valence-electron chi connectivity index (χ1n) is 9.91. The summed E-state index contributed by atoms with van der Waals surface area (Å²) in [4.78, 5) is 43.1. The van der Waals surface area contributed by atoms with Crippen LogP contribution in [0.3, 0.4) is 0 Å². The average molecular weight is 414 g/mol. The van der Waals surface area contributed by atoms with Crippen LogP contribution in [0.15, 0.2) is 29.1 Å². The molecule has 0 radical (unpaired) electrons. The second-order valence-corrected chi connectivity index (χ2v) is 7.13. The molecule has 2 N–H and O–H groups in total. The van der Waals surface area contributed by atoms with Gasteiger partial charge in [0.05, 0.1) is 12.6 Å². The van der Waals surface area contributed by atoms with Crippen molar-refractivity contribution in [1.82, 2.24) is 19.8 Å². The zero-order chi connectivity index (χ0) is 21.8. The number of para-hydroxylation sites is 1. The lowest BCUT2D eigenvalue weighted by molar-refractivity contribution is -0.129. The maximum Gasteiger partial charge on any atom is 0.296 e. The third-order valence-corrected chi connectivity index (χ3v) is 5.18. The second kappa shape index (κ2) is 8.98. The molecule has 0 saturated carbocycles. The van der Waals surface area contributed by atoms with Gasteiger partial charge in [0.15, 0.2) is 5.69 Å². The SMILES string of the molecule is CCOc1ccccc1CNC(=O)c1nc(C2CCCN2C(C)=O)n(C)c(=O)c1O. The largest absolute Gasteiger partial charge is 0.501 e. The van der Waals surface area contributed by atoms with Crippen molar-refractivity contribution in [2.75, 3.05) is 13.2 Å². The van der Waals surface area contributed by atoms with Gasteiger partial charge in [0, 0.05) is 32.6 Å². The molecule has 1 atom stereocenters. The van der Waals surface area contributed by atoms with Gasteiger partial charge in [0.2, 0.25) is 11.7 Å². The molecule has 1 aromatic carbocycles. The number of ether oxygens (including phenoxy) is 1. The minimum atomic E-state index is -0.727. The lowest BCUT2D eigenvalue weighted by Gasteiger charge is -2.24. The number of carbonyl (C=O) groups excluding carboxylic acids is 2. The van der Waals surface area contributed by atoms with Crippen LogP contribution in [0.4, 0.5) is 0 Å². The summed E-state index contributed by atoms with van der Waals surface area (Å²) in [5, 5.41) is 12.9. The smallest absolute Gasteiger partial charge is 0.296 e. The van der Waals surface area contributed by atoms with E-state index >= 15 is 0 Å².